The van der Waals surface area contributed by atoms with Crippen molar-refractivity contribution in [2.75, 3.05) is 20.3 Å². The van der Waals surface area contributed by atoms with Crippen LogP contribution < -0.4 is 5.32 Å². The number of benzene rings is 1. The van der Waals surface area contributed by atoms with Crippen molar-refractivity contribution in [3.63, 3.8) is 0 Å². The Bertz CT molecular complexity index is 376. The van der Waals surface area contributed by atoms with Crippen molar-refractivity contribution in [1.29, 1.82) is 0 Å². The quantitative estimate of drug-likeness (QED) is 0.783. The van der Waals surface area contributed by atoms with Crippen molar-refractivity contribution in [3.05, 3.63) is 35.1 Å². The topological polar surface area (TPSA) is 41.5 Å². The minimum Gasteiger partial charge on any atom is -0.396 e. The monoisotopic (exact) mass is 255 g/mol. The summed E-state index contributed by atoms with van der Waals surface area (Å²) in [6.45, 7) is 4.87. The smallest absolute Gasteiger partial charge is 0.126 e. The van der Waals surface area contributed by atoms with Gasteiger partial charge in [0.15, 0.2) is 0 Å². The summed E-state index contributed by atoms with van der Waals surface area (Å²) in [6, 6.07) is 5.21. The lowest BCUT2D eigenvalue weighted by Gasteiger charge is -2.29. The predicted molar refractivity (Wildman–Crippen MR) is 70.0 cm³/mol. The van der Waals surface area contributed by atoms with Gasteiger partial charge in [0.2, 0.25) is 0 Å². The third-order valence-electron chi connectivity index (χ3n) is 3.08. The number of hydrogen-bond donors (Lipinski definition) is 2. The maximum absolute atomic E-state index is 13.4. The molecule has 0 bridgehead atoms. The van der Waals surface area contributed by atoms with Crippen LogP contribution in [0.4, 0.5) is 4.39 Å². The molecule has 0 aliphatic rings. The van der Waals surface area contributed by atoms with Crippen LogP contribution in [0.2, 0.25) is 0 Å². The molecule has 0 spiro atoms. The maximum atomic E-state index is 13.4. The predicted octanol–water partition coefficient (Wildman–Crippen LogP) is 2.01. The number of nitrogens with one attached hydrogen (secondary N) is 1. The van der Waals surface area contributed by atoms with Crippen LogP contribution in [-0.2, 0) is 11.3 Å². The molecule has 1 unspecified atom stereocenters. The van der Waals surface area contributed by atoms with Crippen LogP contribution in [0.5, 0.6) is 0 Å². The Morgan fingerprint density at radius 1 is 1.44 bits per heavy atom. The van der Waals surface area contributed by atoms with E-state index in [1.54, 1.807) is 20.1 Å². The lowest BCUT2D eigenvalue weighted by atomic mass is 9.99. The number of aliphatic hydroxyl groups is 1. The highest BCUT2D eigenvalue weighted by atomic mass is 19.1. The second-order valence-electron chi connectivity index (χ2n) is 4.90. The number of halogens is 1. The van der Waals surface area contributed by atoms with E-state index in [-0.39, 0.29) is 18.0 Å². The Hall–Kier alpha value is -0.970. The molecule has 2 N–H and O–H groups in total. The number of rotatable bonds is 7. The normalized spacial score (nSPS) is 14.5. The fraction of sp³-hybridized carbons (Fsp3) is 0.571. The van der Waals surface area contributed by atoms with Gasteiger partial charge in [-0.3, -0.25) is 0 Å². The van der Waals surface area contributed by atoms with Crippen molar-refractivity contribution in [2.45, 2.75) is 32.4 Å². The third-order valence-corrected chi connectivity index (χ3v) is 3.08. The van der Waals surface area contributed by atoms with Crippen LogP contribution in [0.25, 0.3) is 0 Å². The molecular formula is C14H22FNO2. The molecule has 1 aromatic rings. The Morgan fingerprint density at radius 3 is 2.72 bits per heavy atom. The van der Waals surface area contributed by atoms with Gasteiger partial charge in [-0.25, -0.2) is 4.39 Å². The van der Waals surface area contributed by atoms with Crippen molar-refractivity contribution in [1.82, 2.24) is 5.32 Å². The van der Waals surface area contributed by atoms with Gasteiger partial charge in [0.05, 0.1) is 6.61 Å². The van der Waals surface area contributed by atoms with E-state index in [9.17, 15) is 4.39 Å². The average molecular weight is 255 g/mol. The van der Waals surface area contributed by atoms with E-state index in [1.807, 2.05) is 13.0 Å². The van der Waals surface area contributed by atoms with E-state index in [2.05, 4.69) is 5.32 Å². The number of ether oxygens (including phenoxy) is 1. The SMILES string of the molecule is COCC(C)(CCO)NCc1ccc(C)c(F)c1. The lowest BCUT2D eigenvalue weighted by Crippen LogP contribution is -2.46. The standard InChI is InChI=1S/C14H22FNO2/c1-11-4-5-12(8-13(11)15)9-16-14(2,6-7-17)10-18-3/h4-5,8,16-17H,6-7,9-10H2,1-3H3. The minimum atomic E-state index is -0.301. The molecule has 0 aromatic heterocycles. The van der Waals surface area contributed by atoms with E-state index < -0.39 is 0 Å². The second kappa shape index (κ2) is 6.83. The van der Waals surface area contributed by atoms with Gasteiger partial charge in [-0.15, -0.1) is 0 Å². The third kappa shape index (κ3) is 4.37. The average Bonchev–Trinajstić information content (AvgIpc) is 2.32. The van der Waals surface area contributed by atoms with Crippen LogP contribution >= 0.6 is 0 Å². The van der Waals surface area contributed by atoms with Crippen LogP contribution in [0.3, 0.4) is 0 Å². The number of aryl methyl sites for hydroxylation is 1. The van der Waals surface area contributed by atoms with Gasteiger partial charge in [-0.05, 0) is 37.5 Å². The van der Waals surface area contributed by atoms with Gasteiger partial charge in [-0.1, -0.05) is 12.1 Å². The van der Waals surface area contributed by atoms with E-state index in [1.165, 1.54) is 6.07 Å². The number of hydrogen-bond acceptors (Lipinski definition) is 3. The Kier molecular flexibility index (Phi) is 5.72. The van der Waals surface area contributed by atoms with Crippen molar-refractivity contribution < 1.29 is 14.2 Å². The first-order valence-electron chi connectivity index (χ1n) is 6.10. The molecule has 0 saturated carbocycles. The van der Waals surface area contributed by atoms with Crippen molar-refractivity contribution >= 4 is 0 Å². The largest absolute Gasteiger partial charge is 0.396 e. The summed E-state index contributed by atoms with van der Waals surface area (Å²) in [5.41, 5.74) is 1.23. The van der Waals surface area contributed by atoms with Gasteiger partial charge < -0.3 is 15.2 Å². The summed E-state index contributed by atoms with van der Waals surface area (Å²) < 4.78 is 18.5. The summed E-state index contributed by atoms with van der Waals surface area (Å²) in [5.74, 6) is -0.190. The van der Waals surface area contributed by atoms with Crippen LogP contribution in [0.1, 0.15) is 24.5 Å². The van der Waals surface area contributed by atoms with Gasteiger partial charge in [0.1, 0.15) is 5.82 Å². The molecule has 0 fully saturated rings. The van der Waals surface area contributed by atoms with E-state index in [0.29, 0.717) is 25.1 Å². The zero-order chi connectivity index (χ0) is 13.6. The molecule has 1 atom stereocenters. The van der Waals surface area contributed by atoms with Crippen LogP contribution in [-0.4, -0.2) is 31.0 Å². The molecule has 1 rings (SSSR count). The zero-order valence-electron chi connectivity index (χ0n) is 11.3. The van der Waals surface area contributed by atoms with Crippen molar-refractivity contribution in [3.8, 4) is 0 Å². The first kappa shape index (κ1) is 15.1. The number of aliphatic hydroxyl groups excluding tert-OH is 1. The highest BCUT2D eigenvalue weighted by Crippen LogP contribution is 2.13. The molecule has 3 nitrogen and oxygen atoms in total. The fourth-order valence-corrected chi connectivity index (χ4v) is 1.84. The summed E-state index contributed by atoms with van der Waals surface area (Å²) in [5, 5.41) is 12.4. The van der Waals surface area contributed by atoms with E-state index in [4.69, 9.17) is 9.84 Å². The Morgan fingerprint density at radius 2 is 2.17 bits per heavy atom. The lowest BCUT2D eigenvalue weighted by molar-refractivity contribution is 0.0969. The first-order valence-corrected chi connectivity index (χ1v) is 6.10. The molecule has 1 aromatic carbocycles. The molecule has 18 heavy (non-hydrogen) atoms. The summed E-state index contributed by atoms with van der Waals surface area (Å²) >= 11 is 0. The Labute approximate surface area is 108 Å². The minimum absolute atomic E-state index is 0.0924. The maximum Gasteiger partial charge on any atom is 0.126 e. The molecule has 4 heteroatoms. The molecule has 0 aliphatic heterocycles. The summed E-state index contributed by atoms with van der Waals surface area (Å²) in [4.78, 5) is 0. The first-order chi connectivity index (χ1) is 8.50. The van der Waals surface area contributed by atoms with Crippen molar-refractivity contribution in [2.24, 2.45) is 0 Å². The zero-order valence-corrected chi connectivity index (χ0v) is 11.3. The molecule has 0 aliphatic carbocycles. The molecule has 0 heterocycles. The van der Waals surface area contributed by atoms with Crippen LogP contribution in [0.15, 0.2) is 18.2 Å². The van der Waals surface area contributed by atoms with Gasteiger partial charge >= 0.3 is 0 Å². The second-order valence-corrected chi connectivity index (χ2v) is 4.90. The molecule has 0 saturated heterocycles. The molecule has 102 valence electrons. The molecule has 0 amide bonds. The van der Waals surface area contributed by atoms with Gasteiger partial charge in [-0.2, -0.15) is 0 Å². The van der Waals surface area contributed by atoms with E-state index in [0.717, 1.165) is 5.56 Å². The number of methoxy groups -OCH3 is 1. The van der Waals surface area contributed by atoms with Crippen LogP contribution in [0, 0.1) is 12.7 Å². The Balaban J connectivity index is 2.63. The van der Waals surface area contributed by atoms with Gasteiger partial charge in [0.25, 0.3) is 0 Å². The summed E-state index contributed by atoms with van der Waals surface area (Å²) in [6.07, 6.45) is 0.592. The fourth-order valence-electron chi connectivity index (χ4n) is 1.84. The highest BCUT2D eigenvalue weighted by molar-refractivity contribution is 5.23. The van der Waals surface area contributed by atoms with E-state index >= 15 is 0 Å². The highest BCUT2D eigenvalue weighted by Gasteiger charge is 2.22. The van der Waals surface area contributed by atoms with Gasteiger partial charge in [0, 0.05) is 25.8 Å². The molecule has 0 radical (unpaired) electrons. The molecular weight excluding hydrogens is 233 g/mol. The summed E-state index contributed by atoms with van der Waals surface area (Å²) in [7, 11) is 1.63.